The minimum atomic E-state index is -3.94. The van der Waals surface area contributed by atoms with Crippen LogP contribution in [0.25, 0.3) is 0 Å². The first-order chi connectivity index (χ1) is 6.81. The highest BCUT2D eigenvalue weighted by Crippen LogP contribution is 2.35. The summed E-state index contributed by atoms with van der Waals surface area (Å²) in [5.74, 6) is 0.941. The first kappa shape index (κ1) is 12.9. The SMILES string of the molecule is CC1CCCC(C(N)CS(=O)(=O)O)C1C. The predicted molar refractivity (Wildman–Crippen MR) is 60.1 cm³/mol. The van der Waals surface area contributed by atoms with Gasteiger partial charge in [-0.05, 0) is 24.2 Å². The van der Waals surface area contributed by atoms with E-state index in [0.29, 0.717) is 11.8 Å². The van der Waals surface area contributed by atoms with Gasteiger partial charge in [-0.25, -0.2) is 0 Å². The summed E-state index contributed by atoms with van der Waals surface area (Å²) in [6.07, 6.45) is 3.27. The number of hydrogen-bond donors (Lipinski definition) is 2. The molecule has 4 unspecified atom stereocenters. The van der Waals surface area contributed by atoms with Crippen LogP contribution >= 0.6 is 0 Å². The van der Waals surface area contributed by atoms with Crippen molar-refractivity contribution in [2.75, 3.05) is 5.75 Å². The molecule has 0 bridgehead atoms. The quantitative estimate of drug-likeness (QED) is 0.722. The lowest BCUT2D eigenvalue weighted by atomic mass is 9.71. The minimum absolute atomic E-state index is 0.218. The molecule has 3 N–H and O–H groups in total. The van der Waals surface area contributed by atoms with E-state index >= 15 is 0 Å². The summed E-state index contributed by atoms with van der Waals surface area (Å²) >= 11 is 0. The first-order valence-corrected chi connectivity index (χ1v) is 7.13. The van der Waals surface area contributed by atoms with Crippen LogP contribution in [-0.4, -0.2) is 24.8 Å². The fraction of sp³-hybridized carbons (Fsp3) is 1.00. The molecule has 4 atom stereocenters. The van der Waals surface area contributed by atoms with Crippen LogP contribution in [-0.2, 0) is 10.1 Å². The number of nitrogens with two attached hydrogens (primary N) is 1. The summed E-state index contributed by atoms with van der Waals surface area (Å²) < 4.78 is 30.3. The van der Waals surface area contributed by atoms with Crippen molar-refractivity contribution >= 4 is 10.1 Å². The molecule has 0 aliphatic heterocycles. The molecule has 0 aromatic heterocycles. The average molecular weight is 235 g/mol. The molecule has 0 amide bonds. The maximum atomic E-state index is 10.7. The molecule has 0 spiro atoms. The Hall–Kier alpha value is -0.130. The minimum Gasteiger partial charge on any atom is -0.326 e. The van der Waals surface area contributed by atoms with Gasteiger partial charge in [0, 0.05) is 6.04 Å². The van der Waals surface area contributed by atoms with Crippen molar-refractivity contribution in [2.45, 2.75) is 39.2 Å². The van der Waals surface area contributed by atoms with E-state index in [4.69, 9.17) is 10.3 Å². The molecule has 0 aromatic carbocycles. The molecule has 1 aliphatic rings. The summed E-state index contributed by atoms with van der Waals surface area (Å²) in [4.78, 5) is 0. The Kier molecular flexibility index (Phi) is 4.14. The third-order valence-corrected chi connectivity index (χ3v) is 4.53. The lowest BCUT2D eigenvalue weighted by Crippen LogP contribution is -2.43. The number of rotatable bonds is 3. The molecular formula is C10H21NO3S. The van der Waals surface area contributed by atoms with Crippen LogP contribution in [0.3, 0.4) is 0 Å². The Balaban J connectivity index is 2.62. The van der Waals surface area contributed by atoms with Crippen LogP contribution < -0.4 is 5.73 Å². The summed E-state index contributed by atoms with van der Waals surface area (Å²) in [7, 11) is -3.94. The predicted octanol–water partition coefficient (Wildman–Crippen LogP) is 1.27. The smallest absolute Gasteiger partial charge is 0.266 e. The Morgan fingerprint density at radius 2 is 2.00 bits per heavy atom. The molecule has 4 nitrogen and oxygen atoms in total. The van der Waals surface area contributed by atoms with E-state index in [9.17, 15) is 8.42 Å². The lowest BCUT2D eigenvalue weighted by Gasteiger charge is -2.37. The zero-order chi connectivity index (χ0) is 11.6. The summed E-state index contributed by atoms with van der Waals surface area (Å²) in [6.45, 7) is 4.30. The van der Waals surface area contributed by atoms with Crippen molar-refractivity contribution in [3.63, 3.8) is 0 Å². The van der Waals surface area contributed by atoms with E-state index < -0.39 is 16.2 Å². The lowest BCUT2D eigenvalue weighted by molar-refractivity contribution is 0.161. The van der Waals surface area contributed by atoms with Crippen LogP contribution in [0.4, 0.5) is 0 Å². The van der Waals surface area contributed by atoms with Crippen molar-refractivity contribution in [3.8, 4) is 0 Å². The molecule has 15 heavy (non-hydrogen) atoms. The molecule has 1 aliphatic carbocycles. The van der Waals surface area contributed by atoms with Gasteiger partial charge >= 0.3 is 0 Å². The van der Waals surface area contributed by atoms with Crippen molar-refractivity contribution in [3.05, 3.63) is 0 Å². The second kappa shape index (κ2) is 4.80. The summed E-state index contributed by atoms with van der Waals surface area (Å²) in [5, 5.41) is 0. The monoisotopic (exact) mass is 235 g/mol. The van der Waals surface area contributed by atoms with Gasteiger partial charge in [-0.1, -0.05) is 26.7 Å². The Bertz CT molecular complexity index is 302. The van der Waals surface area contributed by atoms with Crippen molar-refractivity contribution in [1.82, 2.24) is 0 Å². The number of hydrogen-bond acceptors (Lipinski definition) is 3. The molecule has 0 saturated heterocycles. The van der Waals surface area contributed by atoms with Gasteiger partial charge < -0.3 is 5.73 Å². The maximum Gasteiger partial charge on any atom is 0.266 e. The molecule has 5 heteroatoms. The van der Waals surface area contributed by atoms with Crippen LogP contribution in [0.15, 0.2) is 0 Å². The van der Waals surface area contributed by atoms with Crippen molar-refractivity contribution < 1.29 is 13.0 Å². The van der Waals surface area contributed by atoms with E-state index in [1.807, 2.05) is 0 Å². The molecule has 0 heterocycles. The highest BCUT2D eigenvalue weighted by atomic mass is 32.2. The van der Waals surface area contributed by atoms with E-state index in [0.717, 1.165) is 12.8 Å². The third kappa shape index (κ3) is 3.74. The normalized spacial score (nSPS) is 35.1. The first-order valence-electron chi connectivity index (χ1n) is 5.52. The van der Waals surface area contributed by atoms with Crippen molar-refractivity contribution in [2.24, 2.45) is 23.5 Å². The van der Waals surface area contributed by atoms with Gasteiger partial charge in [-0.15, -0.1) is 0 Å². The zero-order valence-corrected chi connectivity index (χ0v) is 10.2. The second-order valence-corrected chi connectivity index (χ2v) is 6.34. The Morgan fingerprint density at radius 1 is 1.40 bits per heavy atom. The molecule has 1 saturated carbocycles. The summed E-state index contributed by atoms with van der Waals surface area (Å²) in [6, 6.07) is -0.433. The molecule has 0 aromatic rings. The van der Waals surface area contributed by atoms with Crippen LogP contribution in [0.1, 0.15) is 33.1 Å². The van der Waals surface area contributed by atoms with E-state index in [-0.39, 0.29) is 11.7 Å². The largest absolute Gasteiger partial charge is 0.326 e. The van der Waals surface area contributed by atoms with Gasteiger partial charge in [-0.2, -0.15) is 8.42 Å². The van der Waals surface area contributed by atoms with Gasteiger partial charge in [0.2, 0.25) is 0 Å². The Morgan fingerprint density at radius 3 is 2.53 bits per heavy atom. The van der Waals surface area contributed by atoms with Gasteiger partial charge in [0.25, 0.3) is 10.1 Å². The van der Waals surface area contributed by atoms with Gasteiger partial charge in [0.1, 0.15) is 0 Å². The van der Waals surface area contributed by atoms with E-state index in [1.54, 1.807) is 0 Å². The van der Waals surface area contributed by atoms with Gasteiger partial charge in [0.05, 0.1) is 5.75 Å². The zero-order valence-electron chi connectivity index (χ0n) is 9.39. The molecule has 90 valence electrons. The summed E-state index contributed by atoms with van der Waals surface area (Å²) in [5.41, 5.74) is 5.85. The van der Waals surface area contributed by atoms with Gasteiger partial charge in [0.15, 0.2) is 0 Å². The topological polar surface area (TPSA) is 80.4 Å². The second-order valence-electron chi connectivity index (χ2n) is 4.84. The van der Waals surface area contributed by atoms with E-state index in [2.05, 4.69) is 13.8 Å². The molecular weight excluding hydrogens is 214 g/mol. The fourth-order valence-corrected chi connectivity index (χ4v) is 3.33. The highest BCUT2D eigenvalue weighted by molar-refractivity contribution is 7.85. The molecule has 1 fully saturated rings. The van der Waals surface area contributed by atoms with Crippen LogP contribution in [0, 0.1) is 17.8 Å². The standard InChI is InChI=1S/C10H21NO3S/c1-7-4-3-5-9(8(7)2)10(11)6-15(12,13)14/h7-10H,3-6,11H2,1-2H3,(H,12,13,14). The van der Waals surface area contributed by atoms with Gasteiger partial charge in [-0.3, -0.25) is 4.55 Å². The molecule has 0 radical (unpaired) electrons. The Labute approximate surface area is 92.0 Å². The third-order valence-electron chi connectivity index (χ3n) is 3.72. The fourth-order valence-electron chi connectivity index (χ4n) is 2.59. The van der Waals surface area contributed by atoms with E-state index in [1.165, 1.54) is 6.42 Å². The molecule has 1 rings (SSSR count). The average Bonchev–Trinajstić information content (AvgIpc) is 2.06. The van der Waals surface area contributed by atoms with Crippen molar-refractivity contribution in [1.29, 1.82) is 0 Å². The van der Waals surface area contributed by atoms with Crippen LogP contribution in [0.5, 0.6) is 0 Å². The maximum absolute atomic E-state index is 10.7. The highest BCUT2D eigenvalue weighted by Gasteiger charge is 2.32. The van der Waals surface area contributed by atoms with Crippen LogP contribution in [0.2, 0.25) is 0 Å².